The largest absolute Gasteiger partial charge is 0.103 e. The molecule has 0 nitrogen and oxygen atoms in total. The molecule has 1 aromatic carbocycles. The summed E-state index contributed by atoms with van der Waals surface area (Å²) in [6.07, 6.45) is 10.6. The van der Waals surface area contributed by atoms with Crippen molar-refractivity contribution in [2.45, 2.75) is 25.2 Å². The third-order valence-electron chi connectivity index (χ3n) is 3.44. The molecule has 0 amide bonds. The lowest BCUT2D eigenvalue weighted by atomic mass is 9.88. The van der Waals surface area contributed by atoms with E-state index in [-0.39, 0.29) is 0 Å². The summed E-state index contributed by atoms with van der Waals surface area (Å²) in [5.74, 6) is 0.500. The summed E-state index contributed by atoms with van der Waals surface area (Å²) in [6.45, 7) is 15.6. The fourth-order valence-electron chi connectivity index (χ4n) is 2.30. The van der Waals surface area contributed by atoms with E-state index in [2.05, 4.69) is 56.6 Å². The summed E-state index contributed by atoms with van der Waals surface area (Å²) in [7, 11) is 0. The third kappa shape index (κ3) is 4.89. The van der Waals surface area contributed by atoms with Crippen molar-refractivity contribution in [1.29, 1.82) is 0 Å². The van der Waals surface area contributed by atoms with Crippen LogP contribution in [0.3, 0.4) is 0 Å². The van der Waals surface area contributed by atoms with Gasteiger partial charge in [0.2, 0.25) is 0 Å². The first-order valence-corrected chi connectivity index (χ1v) is 7.02. The zero-order valence-electron chi connectivity index (χ0n) is 12.2. The van der Waals surface area contributed by atoms with Gasteiger partial charge in [0.1, 0.15) is 0 Å². The summed E-state index contributed by atoms with van der Waals surface area (Å²) in [5.41, 5.74) is 3.56. The first-order valence-electron chi connectivity index (χ1n) is 7.02. The average molecular weight is 264 g/mol. The minimum Gasteiger partial charge on any atom is -0.103 e. The van der Waals surface area contributed by atoms with Crippen molar-refractivity contribution in [3.8, 4) is 0 Å². The Morgan fingerprint density at radius 2 is 1.80 bits per heavy atom. The standard InChI is InChI=1S/C20H24/c1-5-11-18(7-3)17(4)15-16-19(12-6-2)20-13-9-8-10-14-20/h5-11,13-14,19H,1-4,12,15-16H2/b18-11+/t19-/m1/s1. The summed E-state index contributed by atoms with van der Waals surface area (Å²) >= 11 is 0. The molecule has 20 heavy (non-hydrogen) atoms. The van der Waals surface area contributed by atoms with Gasteiger partial charge >= 0.3 is 0 Å². The fourth-order valence-corrected chi connectivity index (χ4v) is 2.30. The van der Waals surface area contributed by atoms with E-state index >= 15 is 0 Å². The normalized spacial score (nSPS) is 12.5. The van der Waals surface area contributed by atoms with Gasteiger partial charge in [0.15, 0.2) is 0 Å². The van der Waals surface area contributed by atoms with E-state index in [1.807, 2.05) is 18.2 Å². The van der Waals surface area contributed by atoms with Crippen molar-refractivity contribution in [1.82, 2.24) is 0 Å². The van der Waals surface area contributed by atoms with Crippen LogP contribution in [0.25, 0.3) is 0 Å². The van der Waals surface area contributed by atoms with Crippen molar-refractivity contribution in [3.63, 3.8) is 0 Å². The maximum atomic E-state index is 4.16. The molecule has 0 N–H and O–H groups in total. The van der Waals surface area contributed by atoms with Crippen LogP contribution in [0, 0.1) is 0 Å². The van der Waals surface area contributed by atoms with Crippen LogP contribution >= 0.6 is 0 Å². The highest BCUT2D eigenvalue weighted by atomic mass is 14.2. The molecule has 1 rings (SSSR count). The number of benzene rings is 1. The molecule has 0 saturated heterocycles. The Balaban J connectivity index is 2.71. The van der Waals surface area contributed by atoms with Crippen LogP contribution in [0.2, 0.25) is 0 Å². The van der Waals surface area contributed by atoms with Gasteiger partial charge in [-0.15, -0.1) is 6.58 Å². The highest BCUT2D eigenvalue weighted by Gasteiger charge is 2.10. The van der Waals surface area contributed by atoms with Gasteiger partial charge in [-0.05, 0) is 41.9 Å². The summed E-state index contributed by atoms with van der Waals surface area (Å²) < 4.78 is 0. The second-order valence-electron chi connectivity index (χ2n) is 4.84. The SMILES string of the molecule is C=C/C=C(\C=C)C(=C)CC[C@@H](CC=C)c1ccccc1. The molecule has 0 heteroatoms. The molecule has 0 unspecified atom stereocenters. The quantitative estimate of drug-likeness (QED) is 0.380. The second-order valence-corrected chi connectivity index (χ2v) is 4.84. The average Bonchev–Trinajstić information content (AvgIpc) is 2.49. The minimum atomic E-state index is 0.500. The molecule has 0 fully saturated rings. The van der Waals surface area contributed by atoms with Crippen LogP contribution < -0.4 is 0 Å². The Hall–Kier alpha value is -2.08. The number of hydrogen-bond donors (Lipinski definition) is 0. The Kier molecular flexibility index (Phi) is 7.13. The highest BCUT2D eigenvalue weighted by molar-refractivity contribution is 5.39. The molecule has 104 valence electrons. The number of hydrogen-bond acceptors (Lipinski definition) is 0. The Morgan fingerprint density at radius 1 is 1.10 bits per heavy atom. The van der Waals surface area contributed by atoms with Gasteiger partial charge in [-0.1, -0.05) is 74.4 Å². The first kappa shape index (κ1) is 16.0. The van der Waals surface area contributed by atoms with E-state index in [1.54, 1.807) is 6.08 Å². The molecular weight excluding hydrogens is 240 g/mol. The molecule has 0 aliphatic carbocycles. The molecule has 0 radical (unpaired) electrons. The van der Waals surface area contributed by atoms with Gasteiger partial charge in [0, 0.05) is 0 Å². The lowest BCUT2D eigenvalue weighted by molar-refractivity contribution is 0.633. The van der Waals surface area contributed by atoms with E-state index in [0.717, 1.165) is 30.4 Å². The molecule has 1 atom stereocenters. The zero-order valence-corrected chi connectivity index (χ0v) is 12.2. The fraction of sp³-hybridized carbons (Fsp3) is 0.200. The van der Waals surface area contributed by atoms with Gasteiger partial charge in [-0.2, -0.15) is 0 Å². The lowest BCUT2D eigenvalue weighted by Gasteiger charge is -2.16. The zero-order chi connectivity index (χ0) is 14.8. The van der Waals surface area contributed by atoms with Crippen LogP contribution in [0.1, 0.15) is 30.7 Å². The van der Waals surface area contributed by atoms with Crippen molar-refractivity contribution in [2.24, 2.45) is 0 Å². The van der Waals surface area contributed by atoms with Crippen molar-refractivity contribution >= 4 is 0 Å². The summed E-state index contributed by atoms with van der Waals surface area (Å²) in [4.78, 5) is 0. The Labute approximate surface area is 123 Å². The molecule has 0 saturated carbocycles. The van der Waals surface area contributed by atoms with Crippen LogP contribution in [-0.4, -0.2) is 0 Å². The van der Waals surface area contributed by atoms with Crippen molar-refractivity contribution in [3.05, 3.63) is 97.7 Å². The predicted molar refractivity (Wildman–Crippen MR) is 90.8 cm³/mol. The minimum absolute atomic E-state index is 0.500. The smallest absolute Gasteiger partial charge is 0.0124 e. The van der Waals surface area contributed by atoms with Crippen LogP contribution in [-0.2, 0) is 0 Å². The summed E-state index contributed by atoms with van der Waals surface area (Å²) in [6, 6.07) is 10.6. The lowest BCUT2D eigenvalue weighted by Crippen LogP contribution is -1.99. The molecule has 0 aliphatic rings. The van der Waals surface area contributed by atoms with E-state index in [9.17, 15) is 0 Å². The molecule has 0 aromatic heterocycles. The molecule has 0 aliphatic heterocycles. The van der Waals surface area contributed by atoms with E-state index in [0.29, 0.717) is 5.92 Å². The first-order chi connectivity index (χ1) is 9.72. The predicted octanol–water partition coefficient (Wildman–Crippen LogP) is 5.98. The third-order valence-corrected chi connectivity index (χ3v) is 3.44. The van der Waals surface area contributed by atoms with Gasteiger partial charge in [-0.3, -0.25) is 0 Å². The monoisotopic (exact) mass is 264 g/mol. The molecular formula is C20H24. The van der Waals surface area contributed by atoms with Crippen molar-refractivity contribution in [2.75, 3.05) is 0 Å². The van der Waals surface area contributed by atoms with Crippen LogP contribution in [0.4, 0.5) is 0 Å². The maximum absolute atomic E-state index is 4.16. The van der Waals surface area contributed by atoms with E-state index < -0.39 is 0 Å². The molecule has 0 spiro atoms. The maximum Gasteiger partial charge on any atom is -0.0124 e. The van der Waals surface area contributed by atoms with Gasteiger partial charge in [0.05, 0.1) is 0 Å². The van der Waals surface area contributed by atoms with Gasteiger partial charge in [0.25, 0.3) is 0 Å². The Morgan fingerprint density at radius 3 is 2.35 bits per heavy atom. The van der Waals surface area contributed by atoms with E-state index in [1.165, 1.54) is 5.56 Å². The topological polar surface area (TPSA) is 0 Å². The number of allylic oxidation sites excluding steroid dienone is 6. The highest BCUT2D eigenvalue weighted by Crippen LogP contribution is 2.28. The van der Waals surface area contributed by atoms with E-state index in [4.69, 9.17) is 0 Å². The summed E-state index contributed by atoms with van der Waals surface area (Å²) in [5, 5.41) is 0. The molecule has 1 aromatic rings. The van der Waals surface area contributed by atoms with Gasteiger partial charge < -0.3 is 0 Å². The molecule has 0 bridgehead atoms. The van der Waals surface area contributed by atoms with Crippen molar-refractivity contribution < 1.29 is 0 Å². The Bertz CT molecular complexity index is 488. The molecule has 0 heterocycles. The van der Waals surface area contributed by atoms with Crippen LogP contribution in [0.15, 0.2) is 92.1 Å². The number of rotatable bonds is 9. The van der Waals surface area contributed by atoms with Gasteiger partial charge in [-0.25, -0.2) is 0 Å². The second kappa shape index (κ2) is 8.92. The van der Waals surface area contributed by atoms with Crippen LogP contribution in [0.5, 0.6) is 0 Å².